The third-order valence-corrected chi connectivity index (χ3v) is 10.7. The van der Waals surface area contributed by atoms with E-state index in [-0.39, 0.29) is 36.1 Å². The normalized spacial score (nSPS) is 34.1. The lowest BCUT2D eigenvalue weighted by atomic mass is 9.88. The Morgan fingerprint density at radius 3 is 2.38 bits per heavy atom. The van der Waals surface area contributed by atoms with Crippen LogP contribution in [-0.2, 0) is 4.74 Å². The van der Waals surface area contributed by atoms with Crippen LogP contribution in [0.5, 0.6) is 0 Å². The highest BCUT2D eigenvalue weighted by molar-refractivity contribution is 5.95. The smallest absolute Gasteiger partial charge is 0.408 e. The molecule has 0 unspecified atom stereocenters. The average molecular weight is 666 g/mol. The number of nitrogens with one attached hydrogen (secondary N) is 2. The molecule has 0 spiro atoms. The number of hydrogen-bond acceptors (Lipinski definition) is 7. The molecule has 3 heterocycles. The molecule has 10 nitrogen and oxygen atoms in total. The van der Waals surface area contributed by atoms with Crippen LogP contribution in [0, 0.1) is 12.7 Å². The van der Waals surface area contributed by atoms with Crippen LogP contribution in [0.3, 0.4) is 0 Å². The predicted molar refractivity (Wildman–Crippen MR) is 168 cm³/mol. The summed E-state index contributed by atoms with van der Waals surface area (Å²) in [7, 11) is 0. The Hall–Kier alpha value is -3.39. The Morgan fingerprint density at radius 2 is 1.77 bits per heavy atom. The molecular formula is C33H43F4N5O5. The van der Waals surface area contributed by atoms with E-state index in [1.807, 2.05) is 0 Å². The van der Waals surface area contributed by atoms with E-state index >= 15 is 8.78 Å². The molecule has 1 amide bonds. The fourth-order valence-corrected chi connectivity index (χ4v) is 8.21. The van der Waals surface area contributed by atoms with Gasteiger partial charge in [0.05, 0.1) is 34.9 Å². The molecular weight excluding hydrogens is 622 g/mol. The lowest BCUT2D eigenvalue weighted by Crippen LogP contribution is -2.59. The van der Waals surface area contributed by atoms with Crippen molar-refractivity contribution < 1.29 is 37.0 Å². The topological polar surface area (TPSA) is 139 Å². The van der Waals surface area contributed by atoms with Gasteiger partial charge >= 0.3 is 12.1 Å². The second-order valence-corrected chi connectivity index (χ2v) is 15.1. The van der Waals surface area contributed by atoms with E-state index in [2.05, 4.69) is 10.6 Å². The number of aryl methyl sites for hydroxylation is 1. The van der Waals surface area contributed by atoms with Crippen molar-refractivity contribution in [2.45, 2.75) is 113 Å². The lowest BCUT2D eigenvalue weighted by molar-refractivity contribution is 0.0333. The van der Waals surface area contributed by atoms with Crippen LogP contribution in [0.25, 0.3) is 10.9 Å². The van der Waals surface area contributed by atoms with Crippen LogP contribution < -0.4 is 26.7 Å². The largest absolute Gasteiger partial charge is 0.477 e. The molecule has 0 bridgehead atoms. The standard InChI is InChI=1S/C21H22F3N3O3.C12H21FN2O2/c1-10-16-11(18(28)12(19(29)30)7-27(16)15-6-13(15)22)5-14(23)17(10)26-8-20(24)3-2-4-21(20,25)9-26;1-10(2,3)17-9(16)15-12-6-4-5-11(12,13)7-14-8-12/h5,7,13,15H,2-4,6,8-9,25H2,1H3,(H,29,30);14H,4-8H2,1-3H3,(H,15,16)/t13-,15+,20-,21+;11-,12+/m00/s1. The van der Waals surface area contributed by atoms with Crippen molar-refractivity contribution >= 4 is 28.7 Å². The molecule has 47 heavy (non-hydrogen) atoms. The summed E-state index contributed by atoms with van der Waals surface area (Å²) in [6, 6.07) is 0.371. The number of aromatic nitrogens is 1. The van der Waals surface area contributed by atoms with Crippen molar-refractivity contribution in [1.82, 2.24) is 15.2 Å². The maximum absolute atomic E-state index is 15.4. The van der Waals surface area contributed by atoms with Gasteiger partial charge in [0, 0.05) is 37.6 Å². The summed E-state index contributed by atoms with van der Waals surface area (Å²) in [6.07, 6.45) is 3.12. The Labute approximate surface area is 270 Å². The number of anilines is 1. The molecule has 0 radical (unpaired) electrons. The summed E-state index contributed by atoms with van der Waals surface area (Å²) in [5, 5.41) is 15.0. The first-order valence-electron chi connectivity index (χ1n) is 16.2. The van der Waals surface area contributed by atoms with E-state index in [0.717, 1.165) is 18.7 Å². The van der Waals surface area contributed by atoms with Crippen molar-refractivity contribution in [3.63, 3.8) is 0 Å². The second-order valence-electron chi connectivity index (χ2n) is 15.1. The maximum atomic E-state index is 15.4. The molecule has 7 rings (SSSR count). The SMILES string of the molecule is CC(C)(C)OC(=O)N[C@@]12CCC[C@]1(F)CNC2.Cc1c(N2C[C@]3(N)CCC[C@]3(F)C2)c(F)cc2c(=O)c(C(=O)O)cn([C@@H]3C[C@@H]3F)c12. The van der Waals surface area contributed by atoms with E-state index in [1.54, 1.807) is 32.6 Å². The van der Waals surface area contributed by atoms with Crippen LogP contribution in [-0.4, -0.2) is 82.1 Å². The zero-order valence-electron chi connectivity index (χ0n) is 27.2. The Morgan fingerprint density at radius 1 is 1.11 bits per heavy atom. The zero-order valence-corrected chi connectivity index (χ0v) is 27.2. The number of hydrogen-bond donors (Lipinski definition) is 4. The quantitative estimate of drug-likeness (QED) is 0.348. The van der Waals surface area contributed by atoms with E-state index < -0.39 is 69.1 Å². The molecule has 5 N–H and O–H groups in total. The minimum Gasteiger partial charge on any atom is -0.477 e. The van der Waals surface area contributed by atoms with Crippen molar-refractivity contribution in [2.75, 3.05) is 31.1 Å². The van der Waals surface area contributed by atoms with Gasteiger partial charge in [0.15, 0.2) is 0 Å². The third kappa shape index (κ3) is 5.54. The Balaban J connectivity index is 0.000000193. The summed E-state index contributed by atoms with van der Waals surface area (Å²) >= 11 is 0. The summed E-state index contributed by atoms with van der Waals surface area (Å²) in [6.45, 7) is 7.89. The second kappa shape index (κ2) is 11.1. The molecule has 14 heteroatoms. The maximum Gasteiger partial charge on any atom is 0.408 e. The van der Waals surface area contributed by atoms with E-state index in [1.165, 1.54) is 4.57 Å². The number of alkyl halides is 3. The lowest BCUT2D eigenvalue weighted by Gasteiger charge is -2.34. The number of carbonyl (C=O) groups is 2. The number of nitrogens with zero attached hydrogens (tertiary/aromatic N) is 2. The average Bonchev–Trinajstić information content (AvgIpc) is 3.15. The minimum atomic E-state index is -1.62. The first kappa shape index (κ1) is 33.5. The van der Waals surface area contributed by atoms with Gasteiger partial charge in [-0.1, -0.05) is 0 Å². The minimum absolute atomic E-state index is 0.0562. The van der Waals surface area contributed by atoms with Gasteiger partial charge in [-0.15, -0.1) is 0 Å². The van der Waals surface area contributed by atoms with Crippen LogP contribution in [0.1, 0.15) is 87.7 Å². The predicted octanol–water partition coefficient (Wildman–Crippen LogP) is 4.59. The van der Waals surface area contributed by atoms with Gasteiger partial charge in [0.25, 0.3) is 0 Å². The summed E-state index contributed by atoms with van der Waals surface area (Å²) in [4.78, 5) is 37.5. The molecule has 2 aliphatic heterocycles. The molecule has 1 aromatic carbocycles. The van der Waals surface area contributed by atoms with Gasteiger partial charge in [0.1, 0.15) is 34.5 Å². The summed E-state index contributed by atoms with van der Waals surface area (Å²) in [5.41, 5.74) is 0.403. The number of alkyl carbamates (subject to hydrolysis) is 1. The Bertz CT molecular complexity index is 1670. The van der Waals surface area contributed by atoms with Gasteiger partial charge in [-0.3, -0.25) is 4.79 Å². The zero-order chi connectivity index (χ0) is 34.3. The number of benzene rings is 1. The van der Waals surface area contributed by atoms with Crippen molar-refractivity contribution in [2.24, 2.45) is 5.73 Å². The number of halogens is 4. The van der Waals surface area contributed by atoms with E-state index in [9.17, 15) is 28.3 Å². The number of fused-ring (bicyclic) bond motifs is 3. The fraction of sp³-hybridized carbons (Fsp3) is 0.667. The number of nitrogens with two attached hydrogens (primary N) is 1. The van der Waals surface area contributed by atoms with Crippen LogP contribution >= 0.6 is 0 Å². The highest BCUT2D eigenvalue weighted by Gasteiger charge is 2.61. The van der Waals surface area contributed by atoms with Crippen molar-refractivity contribution in [1.29, 1.82) is 0 Å². The van der Waals surface area contributed by atoms with E-state index in [0.29, 0.717) is 50.8 Å². The van der Waals surface area contributed by atoms with Crippen LogP contribution in [0.15, 0.2) is 17.1 Å². The van der Waals surface area contributed by atoms with Gasteiger partial charge in [-0.2, -0.15) is 0 Å². The number of carboxylic acids is 1. The molecule has 5 aliphatic rings. The summed E-state index contributed by atoms with van der Waals surface area (Å²) < 4.78 is 65.8. The van der Waals surface area contributed by atoms with E-state index in [4.69, 9.17) is 10.5 Å². The molecule has 5 fully saturated rings. The number of aromatic carboxylic acids is 1. The number of pyridine rings is 1. The molecule has 1 aromatic heterocycles. The van der Waals surface area contributed by atoms with Crippen LogP contribution in [0.4, 0.5) is 28.0 Å². The van der Waals surface area contributed by atoms with Crippen molar-refractivity contribution in [3.8, 4) is 0 Å². The molecule has 6 atom stereocenters. The number of amides is 1. The highest BCUT2D eigenvalue weighted by atomic mass is 19.2. The molecule has 2 saturated heterocycles. The Kier molecular flexibility index (Phi) is 7.90. The summed E-state index contributed by atoms with van der Waals surface area (Å²) in [5.74, 6) is -2.20. The molecule has 3 saturated carbocycles. The van der Waals surface area contributed by atoms with Gasteiger partial charge in [-0.25, -0.2) is 27.2 Å². The van der Waals surface area contributed by atoms with Gasteiger partial charge < -0.3 is 35.7 Å². The number of carboxylic acid groups (broad SMARTS) is 1. The van der Waals surface area contributed by atoms with Gasteiger partial charge in [-0.05, 0) is 77.8 Å². The molecule has 3 aliphatic carbocycles. The highest BCUT2D eigenvalue weighted by Crippen LogP contribution is 2.49. The van der Waals surface area contributed by atoms with Gasteiger partial charge in [0.2, 0.25) is 5.43 Å². The fourth-order valence-electron chi connectivity index (χ4n) is 8.21. The number of carbonyl (C=O) groups excluding carboxylic acids is 1. The number of rotatable bonds is 4. The molecule has 2 aromatic rings. The van der Waals surface area contributed by atoms with Crippen molar-refractivity contribution in [3.05, 3.63) is 39.4 Å². The number of ether oxygens (including phenoxy) is 1. The molecule has 258 valence electrons. The first-order valence-corrected chi connectivity index (χ1v) is 16.2. The van der Waals surface area contributed by atoms with Crippen LogP contribution in [0.2, 0.25) is 0 Å². The first-order chi connectivity index (χ1) is 21.8. The monoisotopic (exact) mass is 665 g/mol. The third-order valence-electron chi connectivity index (χ3n) is 10.7.